The number of halogens is 2. The highest BCUT2D eigenvalue weighted by Gasteiger charge is 2.13. The Balaban J connectivity index is 2.15. The van der Waals surface area contributed by atoms with Crippen molar-refractivity contribution in [2.45, 2.75) is 6.54 Å². The number of carbonyl (C=O) groups excluding carboxylic acids is 2. The second kappa shape index (κ2) is 8.08. The van der Waals surface area contributed by atoms with Gasteiger partial charge in [0.05, 0.1) is 22.9 Å². The monoisotopic (exact) mass is 420 g/mol. The van der Waals surface area contributed by atoms with Gasteiger partial charge in [-0.3, -0.25) is 4.79 Å². The van der Waals surface area contributed by atoms with E-state index in [0.717, 1.165) is 10.2 Å². The van der Waals surface area contributed by atoms with Crippen LogP contribution in [-0.4, -0.2) is 23.6 Å². The fourth-order valence-electron chi connectivity index (χ4n) is 2.54. The number of carbonyl (C=O) groups is 2. The molecular weight excluding hydrogens is 407 g/mol. The lowest BCUT2D eigenvalue weighted by atomic mass is 10.2. The van der Waals surface area contributed by atoms with Crippen molar-refractivity contribution in [1.82, 2.24) is 4.57 Å². The van der Waals surface area contributed by atoms with Crippen LogP contribution < -0.4 is 4.80 Å². The third kappa shape index (κ3) is 4.13. The molecule has 3 aromatic rings. The minimum atomic E-state index is -0.461. The van der Waals surface area contributed by atoms with Crippen LogP contribution in [0.5, 0.6) is 0 Å². The zero-order chi connectivity index (χ0) is 19.6. The SMILES string of the molecule is C=CCn1c(=NC(=O)c2cc(Cl)cc(Cl)c2)sc2cc(C(=O)OC)ccc21. The number of thiazole rings is 1. The molecule has 0 aliphatic carbocycles. The van der Waals surface area contributed by atoms with Crippen LogP contribution in [0.1, 0.15) is 20.7 Å². The second-order valence-corrected chi connectivity index (χ2v) is 7.42. The van der Waals surface area contributed by atoms with Gasteiger partial charge in [0.25, 0.3) is 5.91 Å². The summed E-state index contributed by atoms with van der Waals surface area (Å²) in [7, 11) is 1.33. The molecule has 27 heavy (non-hydrogen) atoms. The van der Waals surface area contributed by atoms with Gasteiger partial charge in [0.15, 0.2) is 4.80 Å². The zero-order valence-electron chi connectivity index (χ0n) is 14.2. The highest BCUT2D eigenvalue weighted by molar-refractivity contribution is 7.16. The Kier molecular flexibility index (Phi) is 5.79. The first kappa shape index (κ1) is 19.4. The van der Waals surface area contributed by atoms with Crippen LogP contribution in [0.15, 0.2) is 54.0 Å². The maximum absolute atomic E-state index is 12.6. The first-order chi connectivity index (χ1) is 12.9. The molecule has 0 saturated carbocycles. The molecule has 1 amide bonds. The summed E-state index contributed by atoms with van der Waals surface area (Å²) in [4.78, 5) is 29.0. The predicted octanol–water partition coefficient (Wildman–Crippen LogP) is 4.72. The van der Waals surface area contributed by atoms with E-state index in [2.05, 4.69) is 11.6 Å². The van der Waals surface area contributed by atoms with E-state index < -0.39 is 11.9 Å². The molecule has 0 saturated heterocycles. The van der Waals surface area contributed by atoms with Crippen LogP contribution in [0.2, 0.25) is 10.0 Å². The Morgan fingerprint density at radius 1 is 1.19 bits per heavy atom. The van der Waals surface area contributed by atoms with Crippen molar-refractivity contribution in [3.8, 4) is 0 Å². The topological polar surface area (TPSA) is 60.7 Å². The predicted molar refractivity (Wildman–Crippen MR) is 108 cm³/mol. The van der Waals surface area contributed by atoms with Gasteiger partial charge in [-0.05, 0) is 36.4 Å². The molecule has 1 heterocycles. The van der Waals surface area contributed by atoms with Crippen molar-refractivity contribution >= 4 is 56.6 Å². The molecule has 0 bridgehead atoms. The second-order valence-electron chi connectivity index (χ2n) is 5.53. The molecule has 2 aromatic carbocycles. The van der Waals surface area contributed by atoms with E-state index in [1.807, 2.05) is 4.57 Å². The van der Waals surface area contributed by atoms with Gasteiger partial charge in [-0.2, -0.15) is 4.99 Å². The van der Waals surface area contributed by atoms with E-state index in [9.17, 15) is 9.59 Å². The Labute approximate surface area is 169 Å². The van der Waals surface area contributed by atoms with E-state index in [1.165, 1.54) is 30.6 Å². The normalized spacial score (nSPS) is 11.6. The van der Waals surface area contributed by atoms with E-state index in [4.69, 9.17) is 27.9 Å². The van der Waals surface area contributed by atoms with Gasteiger partial charge in [-0.1, -0.05) is 40.6 Å². The Hall–Kier alpha value is -2.41. The number of allylic oxidation sites excluding steroid dienone is 1. The van der Waals surface area contributed by atoms with Crippen LogP contribution >= 0.6 is 34.5 Å². The summed E-state index contributed by atoms with van der Waals surface area (Å²) < 4.78 is 7.40. The summed E-state index contributed by atoms with van der Waals surface area (Å²) in [5.41, 5.74) is 1.56. The minimum Gasteiger partial charge on any atom is -0.465 e. The molecule has 3 rings (SSSR count). The summed E-state index contributed by atoms with van der Waals surface area (Å²) in [5.74, 6) is -0.888. The fourth-order valence-corrected chi connectivity index (χ4v) is 4.14. The lowest BCUT2D eigenvalue weighted by molar-refractivity contribution is 0.0601. The molecule has 0 atom stereocenters. The molecule has 8 heteroatoms. The number of benzene rings is 2. The van der Waals surface area contributed by atoms with Gasteiger partial charge in [0.2, 0.25) is 0 Å². The molecule has 0 N–H and O–H groups in total. The van der Waals surface area contributed by atoms with Crippen molar-refractivity contribution in [2.24, 2.45) is 4.99 Å². The zero-order valence-corrected chi connectivity index (χ0v) is 16.6. The molecule has 1 aromatic heterocycles. The average Bonchev–Trinajstić information content (AvgIpc) is 2.97. The summed E-state index contributed by atoms with van der Waals surface area (Å²) in [5, 5.41) is 0.721. The highest BCUT2D eigenvalue weighted by Crippen LogP contribution is 2.21. The van der Waals surface area contributed by atoms with E-state index in [1.54, 1.807) is 30.3 Å². The first-order valence-electron chi connectivity index (χ1n) is 7.80. The lowest BCUT2D eigenvalue weighted by Gasteiger charge is -2.02. The lowest BCUT2D eigenvalue weighted by Crippen LogP contribution is -2.16. The summed E-state index contributed by atoms with van der Waals surface area (Å²) in [6.45, 7) is 4.21. The number of fused-ring (bicyclic) bond motifs is 1. The van der Waals surface area contributed by atoms with E-state index in [-0.39, 0.29) is 0 Å². The summed E-state index contributed by atoms with van der Waals surface area (Å²) >= 11 is 13.2. The van der Waals surface area contributed by atoms with Crippen LogP contribution in [0, 0.1) is 0 Å². The first-order valence-corrected chi connectivity index (χ1v) is 9.38. The Bertz CT molecular complexity index is 1110. The number of ether oxygens (including phenoxy) is 1. The number of esters is 1. The largest absolute Gasteiger partial charge is 0.465 e. The number of amides is 1. The van der Waals surface area contributed by atoms with Crippen molar-refractivity contribution in [1.29, 1.82) is 0 Å². The Morgan fingerprint density at radius 3 is 2.52 bits per heavy atom. The van der Waals surface area contributed by atoms with Crippen LogP contribution in [0.3, 0.4) is 0 Å². The molecule has 138 valence electrons. The molecule has 0 spiro atoms. The molecule has 0 radical (unpaired) electrons. The number of rotatable bonds is 4. The standard InChI is InChI=1S/C19H14Cl2N2O3S/c1-3-6-23-15-5-4-11(18(25)26-2)9-16(15)27-19(23)22-17(24)12-7-13(20)10-14(21)8-12/h3-5,7-10H,1,6H2,2H3. The number of aromatic nitrogens is 1. The van der Waals surface area contributed by atoms with Crippen LogP contribution in [-0.2, 0) is 11.3 Å². The number of hydrogen-bond donors (Lipinski definition) is 0. The van der Waals surface area contributed by atoms with Gasteiger partial charge in [-0.15, -0.1) is 6.58 Å². The average molecular weight is 421 g/mol. The molecule has 5 nitrogen and oxygen atoms in total. The number of methoxy groups -OCH3 is 1. The fraction of sp³-hybridized carbons (Fsp3) is 0.105. The van der Waals surface area contributed by atoms with Crippen molar-refractivity contribution in [3.63, 3.8) is 0 Å². The smallest absolute Gasteiger partial charge is 0.337 e. The number of hydrogen-bond acceptors (Lipinski definition) is 4. The third-order valence-electron chi connectivity index (χ3n) is 3.72. The third-order valence-corrected chi connectivity index (χ3v) is 5.20. The van der Waals surface area contributed by atoms with Gasteiger partial charge in [-0.25, -0.2) is 4.79 Å². The highest BCUT2D eigenvalue weighted by atomic mass is 35.5. The molecular formula is C19H14Cl2N2O3S. The molecule has 0 aliphatic rings. The van der Waals surface area contributed by atoms with E-state index >= 15 is 0 Å². The molecule has 0 unspecified atom stereocenters. The van der Waals surface area contributed by atoms with E-state index in [0.29, 0.717) is 32.5 Å². The van der Waals surface area contributed by atoms with Crippen molar-refractivity contribution < 1.29 is 14.3 Å². The van der Waals surface area contributed by atoms with Gasteiger partial charge in [0.1, 0.15) is 0 Å². The number of nitrogens with zero attached hydrogens (tertiary/aromatic N) is 2. The van der Waals surface area contributed by atoms with Crippen LogP contribution in [0.4, 0.5) is 0 Å². The van der Waals surface area contributed by atoms with Gasteiger partial charge >= 0.3 is 5.97 Å². The Morgan fingerprint density at radius 2 is 1.89 bits per heavy atom. The van der Waals surface area contributed by atoms with Gasteiger partial charge in [0, 0.05) is 22.2 Å². The van der Waals surface area contributed by atoms with Crippen LogP contribution in [0.25, 0.3) is 10.2 Å². The molecule has 0 fully saturated rings. The van der Waals surface area contributed by atoms with Crippen molar-refractivity contribution in [3.05, 3.63) is 75.0 Å². The molecule has 0 aliphatic heterocycles. The minimum absolute atomic E-state index is 0.297. The summed E-state index contributed by atoms with van der Waals surface area (Å²) in [6, 6.07) is 9.75. The summed E-state index contributed by atoms with van der Waals surface area (Å²) in [6.07, 6.45) is 1.71. The quantitative estimate of drug-likeness (QED) is 0.452. The maximum atomic E-state index is 12.6. The van der Waals surface area contributed by atoms with Gasteiger partial charge < -0.3 is 9.30 Å². The maximum Gasteiger partial charge on any atom is 0.337 e. The van der Waals surface area contributed by atoms with Crippen molar-refractivity contribution in [2.75, 3.05) is 7.11 Å².